The molecule has 13 heavy (non-hydrogen) atoms. The van der Waals surface area contributed by atoms with Gasteiger partial charge in [-0.25, -0.2) is 0 Å². The second-order valence-corrected chi connectivity index (χ2v) is 7.85. The predicted molar refractivity (Wildman–Crippen MR) is 40.7 cm³/mol. The molecule has 0 heterocycles. The molecule has 0 aromatic heterocycles. The Kier molecular flexibility index (Phi) is 10.7. The topological polar surface area (TPSA) is 115 Å². The van der Waals surface area contributed by atoms with Crippen LogP contribution in [0.5, 0.6) is 0 Å². The van der Waals surface area contributed by atoms with Crippen molar-refractivity contribution in [3.63, 3.8) is 0 Å². The Morgan fingerprint density at radius 2 is 1.08 bits per heavy atom. The molecule has 0 unspecified atom stereocenters. The van der Waals surface area contributed by atoms with E-state index in [9.17, 15) is 9.13 Å². The summed E-state index contributed by atoms with van der Waals surface area (Å²) in [4.78, 5) is 32.9. The second kappa shape index (κ2) is 6.58. The molecule has 0 saturated heterocycles. The molecule has 0 radical (unpaired) electrons. The van der Waals surface area contributed by atoms with Gasteiger partial charge in [0.2, 0.25) is 0 Å². The fourth-order valence-corrected chi connectivity index (χ4v) is 1.53. The van der Waals surface area contributed by atoms with Gasteiger partial charge in [-0.05, 0) is 0 Å². The molecule has 12 heteroatoms. The molecule has 0 atom stereocenters. The van der Waals surface area contributed by atoms with E-state index in [1.807, 2.05) is 0 Å². The van der Waals surface area contributed by atoms with Crippen LogP contribution in [0.15, 0.2) is 0 Å². The van der Waals surface area contributed by atoms with Gasteiger partial charge in [0.25, 0.3) is 0 Å². The first-order valence-electron chi connectivity index (χ1n) is 1.99. The zero-order chi connectivity index (χ0) is 9.50. The van der Waals surface area contributed by atoms with Crippen molar-refractivity contribution in [2.24, 2.45) is 0 Å². The number of rotatable bonds is 2. The monoisotopic (exact) mass is 292 g/mol. The van der Waals surface area contributed by atoms with Crippen LogP contribution in [-0.2, 0) is 9.13 Å². The standard InChI is InChI=1S/CH4Cl2O6P2.2Na.2H/c2-1(3,10(4,5)6)11(7,8)9;;;;/h(H2,4,5,6)(H2,7,8,9);;;;/q;2*+1;2*-1. The van der Waals surface area contributed by atoms with Crippen molar-refractivity contribution in [1.29, 1.82) is 0 Å². The van der Waals surface area contributed by atoms with E-state index in [4.69, 9.17) is 42.8 Å². The van der Waals surface area contributed by atoms with E-state index in [1.54, 1.807) is 0 Å². The maximum absolute atomic E-state index is 10.2. The van der Waals surface area contributed by atoms with Crippen LogP contribution < -0.4 is 59.1 Å². The number of alkyl halides is 2. The van der Waals surface area contributed by atoms with E-state index in [-0.39, 0.29) is 62.0 Å². The largest absolute Gasteiger partial charge is 1.00 e. The number of halogens is 2. The Bertz CT molecular complexity index is 228. The summed E-state index contributed by atoms with van der Waals surface area (Å²) in [6, 6.07) is 0. The first-order chi connectivity index (χ1) is 4.50. The van der Waals surface area contributed by atoms with Crippen LogP contribution in [0.2, 0.25) is 0 Å². The smallest absolute Gasteiger partial charge is 1.00 e. The molecule has 6 nitrogen and oxygen atoms in total. The molecule has 0 aliphatic heterocycles. The van der Waals surface area contributed by atoms with Gasteiger partial charge in [-0.2, -0.15) is 0 Å². The molecule has 0 spiro atoms. The molecule has 0 aromatic carbocycles. The summed E-state index contributed by atoms with van der Waals surface area (Å²) in [5.74, 6) is 0. The Labute approximate surface area is 131 Å². The summed E-state index contributed by atoms with van der Waals surface area (Å²) in [5.41, 5.74) is 0. The van der Waals surface area contributed by atoms with Crippen LogP contribution in [0.25, 0.3) is 0 Å². The van der Waals surface area contributed by atoms with Crippen LogP contribution in [0.4, 0.5) is 0 Å². The third kappa shape index (κ3) is 5.66. The van der Waals surface area contributed by atoms with Crippen LogP contribution >= 0.6 is 38.4 Å². The van der Waals surface area contributed by atoms with E-state index in [2.05, 4.69) is 0 Å². The molecular formula is CH6Cl2Na2O6P2. The fraction of sp³-hybridized carbons (Fsp3) is 1.00. The van der Waals surface area contributed by atoms with Crippen molar-refractivity contribution < 1.29 is 90.7 Å². The summed E-state index contributed by atoms with van der Waals surface area (Å²) >= 11 is 9.46. The van der Waals surface area contributed by atoms with Crippen LogP contribution in [0, 0.1) is 0 Å². The molecule has 0 amide bonds. The molecule has 0 aliphatic carbocycles. The second-order valence-electron chi connectivity index (χ2n) is 1.60. The molecule has 0 fully saturated rings. The minimum absolute atomic E-state index is 0. The fourth-order valence-electron chi connectivity index (χ4n) is 0.170. The summed E-state index contributed by atoms with van der Waals surface area (Å²) in [6.07, 6.45) is 0. The van der Waals surface area contributed by atoms with Crippen molar-refractivity contribution in [2.45, 2.75) is 3.82 Å². The molecule has 72 valence electrons. The number of hydrogen-bond acceptors (Lipinski definition) is 2. The summed E-state index contributed by atoms with van der Waals surface area (Å²) in [6.45, 7) is 0. The quantitative estimate of drug-likeness (QED) is 0.230. The molecule has 0 aliphatic rings. The maximum atomic E-state index is 10.2. The minimum Gasteiger partial charge on any atom is -1.00 e. The van der Waals surface area contributed by atoms with E-state index in [1.165, 1.54) is 0 Å². The van der Waals surface area contributed by atoms with Crippen molar-refractivity contribution in [3.8, 4) is 0 Å². The molecular weight excluding hydrogens is 287 g/mol. The van der Waals surface area contributed by atoms with E-state index >= 15 is 0 Å². The van der Waals surface area contributed by atoms with Gasteiger partial charge < -0.3 is 22.4 Å². The Hall–Kier alpha value is 2.88. The van der Waals surface area contributed by atoms with Gasteiger partial charge in [-0.3, -0.25) is 9.13 Å². The normalized spacial score (nSPS) is 12.8. The predicted octanol–water partition coefficient (Wildman–Crippen LogP) is -5.34. The summed E-state index contributed by atoms with van der Waals surface area (Å²) in [7, 11) is -10.4. The number of hydrogen-bond donors (Lipinski definition) is 4. The van der Waals surface area contributed by atoms with E-state index in [0.717, 1.165) is 0 Å². The molecule has 4 N–H and O–H groups in total. The van der Waals surface area contributed by atoms with Crippen molar-refractivity contribution in [1.82, 2.24) is 0 Å². The van der Waals surface area contributed by atoms with Gasteiger partial charge in [0.15, 0.2) is 0 Å². The Morgan fingerprint density at radius 3 is 1.08 bits per heavy atom. The molecule has 0 aromatic rings. The average Bonchev–Trinajstić information content (AvgIpc) is 1.58. The van der Waals surface area contributed by atoms with Gasteiger partial charge in [-0.15, -0.1) is 0 Å². The SMILES string of the molecule is O=P(O)(O)C(Cl)(Cl)P(=O)(O)O.[H-].[H-].[Na+].[Na+]. The molecule has 0 bridgehead atoms. The zero-order valence-electron chi connectivity index (χ0n) is 8.76. The van der Waals surface area contributed by atoms with Crippen LogP contribution in [0.1, 0.15) is 2.85 Å². The van der Waals surface area contributed by atoms with Crippen molar-refractivity contribution in [3.05, 3.63) is 0 Å². The van der Waals surface area contributed by atoms with Crippen LogP contribution in [-0.4, -0.2) is 23.4 Å². The van der Waals surface area contributed by atoms with Crippen molar-refractivity contribution in [2.75, 3.05) is 0 Å². The first kappa shape index (κ1) is 21.2. The zero-order valence-corrected chi connectivity index (χ0v) is 14.1. The Balaban J connectivity index is -0.0000000833. The third-order valence-electron chi connectivity index (χ3n) is 0.701. The first-order valence-corrected chi connectivity index (χ1v) is 5.97. The van der Waals surface area contributed by atoms with Gasteiger partial charge in [0, 0.05) is 0 Å². The van der Waals surface area contributed by atoms with Crippen molar-refractivity contribution >= 4 is 38.4 Å². The third-order valence-corrected chi connectivity index (χ3v) is 6.31. The van der Waals surface area contributed by atoms with Crippen LogP contribution in [0.3, 0.4) is 0 Å². The molecule has 0 saturated carbocycles. The van der Waals surface area contributed by atoms with Gasteiger partial charge >= 0.3 is 78.1 Å². The van der Waals surface area contributed by atoms with Gasteiger partial charge in [-0.1, -0.05) is 23.2 Å². The minimum atomic E-state index is -5.22. The van der Waals surface area contributed by atoms with E-state index in [0.29, 0.717) is 0 Å². The summed E-state index contributed by atoms with van der Waals surface area (Å²) in [5, 5.41) is 0. The van der Waals surface area contributed by atoms with Gasteiger partial charge in [0.1, 0.15) is 0 Å². The van der Waals surface area contributed by atoms with Gasteiger partial charge in [0.05, 0.1) is 0 Å². The molecule has 0 rings (SSSR count). The maximum Gasteiger partial charge on any atom is 1.00 e. The Morgan fingerprint density at radius 1 is 0.923 bits per heavy atom. The van der Waals surface area contributed by atoms with E-state index < -0.39 is 19.0 Å². The average molecular weight is 293 g/mol. The summed E-state index contributed by atoms with van der Waals surface area (Å²) < 4.78 is 17.1.